The van der Waals surface area contributed by atoms with Crippen molar-refractivity contribution in [2.45, 2.75) is 19.5 Å². The van der Waals surface area contributed by atoms with Gasteiger partial charge in [-0.3, -0.25) is 9.78 Å². The molecule has 6 heteroatoms. The molecule has 0 saturated carbocycles. The van der Waals surface area contributed by atoms with Crippen LogP contribution in [-0.2, 0) is 15.9 Å². The van der Waals surface area contributed by atoms with Gasteiger partial charge in [-0.25, -0.2) is 4.79 Å². The first-order chi connectivity index (χ1) is 7.45. The van der Waals surface area contributed by atoms with Crippen molar-refractivity contribution in [3.05, 3.63) is 29.8 Å². The summed E-state index contributed by atoms with van der Waals surface area (Å²) in [5.74, 6) is -1.27. The fraction of sp³-hybridized carbons (Fsp3) is 0.300. The number of hydrogen-bond acceptors (Lipinski definition) is 3. The van der Waals surface area contributed by atoms with E-state index in [1.54, 1.807) is 0 Å². The average Bonchev–Trinajstić information content (AvgIpc) is 2.25. The maximum Gasteiger partial charge on any atom is 0.420 e. The van der Waals surface area contributed by atoms with Gasteiger partial charge < -0.3 is 0 Å². The van der Waals surface area contributed by atoms with Crippen LogP contribution in [0.3, 0.4) is 0 Å². The number of alkyl halides is 3. The number of carbonyl (C=O) groups excluding carboxylic acids is 1. The molecular formula is C10H9F3O3. The SMILES string of the molecule is CCC(=O)OOc1ccccc1C(F)(F)F. The number of halogens is 3. The molecule has 1 aromatic rings. The Kier molecular flexibility index (Phi) is 3.76. The maximum absolute atomic E-state index is 12.4. The van der Waals surface area contributed by atoms with Crippen molar-refractivity contribution in [3.63, 3.8) is 0 Å². The molecule has 1 rings (SSSR count). The van der Waals surface area contributed by atoms with Crippen LogP contribution in [-0.4, -0.2) is 5.97 Å². The Labute approximate surface area is 89.7 Å². The lowest BCUT2D eigenvalue weighted by Crippen LogP contribution is -2.11. The minimum Gasteiger partial charge on any atom is -0.286 e. The van der Waals surface area contributed by atoms with E-state index < -0.39 is 23.5 Å². The first kappa shape index (κ1) is 12.4. The normalized spacial score (nSPS) is 11.0. The summed E-state index contributed by atoms with van der Waals surface area (Å²) < 4.78 is 37.3. The molecule has 0 aliphatic rings. The van der Waals surface area contributed by atoms with E-state index in [0.717, 1.165) is 12.1 Å². The second-order valence-corrected chi connectivity index (χ2v) is 2.89. The Hall–Kier alpha value is -1.72. The monoisotopic (exact) mass is 234 g/mol. The molecule has 0 bridgehead atoms. The number of para-hydroxylation sites is 1. The van der Waals surface area contributed by atoms with Gasteiger partial charge in [0.15, 0.2) is 5.75 Å². The van der Waals surface area contributed by atoms with E-state index in [1.165, 1.54) is 19.1 Å². The zero-order chi connectivity index (χ0) is 12.2. The molecule has 0 aliphatic heterocycles. The Morgan fingerprint density at radius 3 is 2.50 bits per heavy atom. The number of benzene rings is 1. The van der Waals surface area contributed by atoms with Gasteiger partial charge in [-0.15, -0.1) is 0 Å². The minimum absolute atomic E-state index is 0.0220. The summed E-state index contributed by atoms with van der Waals surface area (Å²) in [6, 6.07) is 4.49. The molecule has 0 atom stereocenters. The van der Waals surface area contributed by atoms with Crippen LogP contribution in [0, 0.1) is 0 Å². The Bertz CT molecular complexity index is 374. The molecule has 88 valence electrons. The molecule has 3 nitrogen and oxygen atoms in total. The summed E-state index contributed by atoms with van der Waals surface area (Å²) in [6.45, 7) is 1.50. The lowest BCUT2D eigenvalue weighted by atomic mass is 10.2. The van der Waals surface area contributed by atoms with E-state index in [4.69, 9.17) is 0 Å². The van der Waals surface area contributed by atoms with Crippen LogP contribution in [0.15, 0.2) is 24.3 Å². The average molecular weight is 234 g/mol. The fourth-order valence-corrected chi connectivity index (χ4v) is 0.924. The van der Waals surface area contributed by atoms with Crippen molar-refractivity contribution < 1.29 is 27.7 Å². The summed E-state index contributed by atoms with van der Waals surface area (Å²) in [6.07, 6.45) is -4.52. The highest BCUT2D eigenvalue weighted by Crippen LogP contribution is 2.35. The first-order valence-corrected chi connectivity index (χ1v) is 4.48. The highest BCUT2D eigenvalue weighted by atomic mass is 19.4. The standard InChI is InChI=1S/C10H9F3O3/c1-2-9(14)16-15-8-6-4-3-5-7(8)10(11,12)13/h3-6H,2H2,1H3. The largest absolute Gasteiger partial charge is 0.420 e. The second kappa shape index (κ2) is 4.87. The molecule has 0 aromatic heterocycles. The lowest BCUT2D eigenvalue weighted by molar-refractivity contribution is -0.217. The molecule has 0 fully saturated rings. The Morgan fingerprint density at radius 2 is 1.94 bits per heavy atom. The number of hydrogen-bond donors (Lipinski definition) is 0. The minimum atomic E-state index is -4.55. The third-order valence-electron chi connectivity index (χ3n) is 1.71. The maximum atomic E-state index is 12.4. The molecule has 0 aliphatic carbocycles. The highest BCUT2D eigenvalue weighted by Gasteiger charge is 2.34. The number of carbonyl (C=O) groups is 1. The molecule has 0 spiro atoms. The van der Waals surface area contributed by atoms with Gasteiger partial charge in [0.1, 0.15) is 5.56 Å². The Morgan fingerprint density at radius 1 is 1.31 bits per heavy atom. The van der Waals surface area contributed by atoms with Crippen molar-refractivity contribution in [2.24, 2.45) is 0 Å². The lowest BCUT2D eigenvalue weighted by Gasteiger charge is -2.11. The van der Waals surface area contributed by atoms with Gasteiger partial charge in [-0.1, -0.05) is 19.1 Å². The van der Waals surface area contributed by atoms with Crippen LogP contribution in [0.1, 0.15) is 18.9 Å². The van der Waals surface area contributed by atoms with Crippen LogP contribution in [0.25, 0.3) is 0 Å². The summed E-state index contributed by atoms with van der Waals surface area (Å²) in [5, 5.41) is 0. The van der Waals surface area contributed by atoms with Crippen molar-refractivity contribution in [1.29, 1.82) is 0 Å². The van der Waals surface area contributed by atoms with Crippen LogP contribution in [0.5, 0.6) is 5.75 Å². The topological polar surface area (TPSA) is 35.5 Å². The molecule has 0 saturated heterocycles. The molecule has 16 heavy (non-hydrogen) atoms. The van der Waals surface area contributed by atoms with Gasteiger partial charge >= 0.3 is 12.1 Å². The molecule has 0 unspecified atom stereocenters. The zero-order valence-corrected chi connectivity index (χ0v) is 8.38. The summed E-state index contributed by atoms with van der Waals surface area (Å²) in [7, 11) is 0. The van der Waals surface area contributed by atoms with Crippen molar-refractivity contribution in [3.8, 4) is 5.75 Å². The van der Waals surface area contributed by atoms with E-state index in [-0.39, 0.29) is 6.42 Å². The van der Waals surface area contributed by atoms with E-state index in [9.17, 15) is 18.0 Å². The summed E-state index contributed by atoms with van der Waals surface area (Å²) in [5.41, 5.74) is -0.987. The van der Waals surface area contributed by atoms with Crippen LogP contribution < -0.4 is 4.89 Å². The quantitative estimate of drug-likeness (QED) is 0.595. The second-order valence-electron chi connectivity index (χ2n) is 2.89. The van der Waals surface area contributed by atoms with Crippen LogP contribution in [0.2, 0.25) is 0 Å². The third-order valence-corrected chi connectivity index (χ3v) is 1.71. The van der Waals surface area contributed by atoms with Gasteiger partial charge in [-0.2, -0.15) is 13.2 Å². The van der Waals surface area contributed by atoms with E-state index in [0.29, 0.717) is 0 Å². The van der Waals surface area contributed by atoms with Gasteiger partial charge in [-0.05, 0) is 12.1 Å². The molecule has 1 aromatic carbocycles. The number of rotatable bonds is 3. The van der Waals surface area contributed by atoms with Crippen LogP contribution >= 0.6 is 0 Å². The zero-order valence-electron chi connectivity index (χ0n) is 8.38. The van der Waals surface area contributed by atoms with Crippen molar-refractivity contribution in [1.82, 2.24) is 0 Å². The smallest absolute Gasteiger partial charge is 0.286 e. The van der Waals surface area contributed by atoms with E-state index >= 15 is 0 Å². The molecule has 0 radical (unpaired) electrons. The molecule has 0 amide bonds. The van der Waals surface area contributed by atoms with E-state index in [2.05, 4.69) is 9.78 Å². The van der Waals surface area contributed by atoms with Crippen molar-refractivity contribution >= 4 is 5.97 Å². The van der Waals surface area contributed by atoms with E-state index in [1.807, 2.05) is 0 Å². The molecule has 0 N–H and O–H groups in total. The van der Waals surface area contributed by atoms with Gasteiger partial charge in [0, 0.05) is 6.42 Å². The summed E-state index contributed by atoms with van der Waals surface area (Å²) >= 11 is 0. The summed E-state index contributed by atoms with van der Waals surface area (Å²) in [4.78, 5) is 19.2. The predicted molar refractivity (Wildman–Crippen MR) is 48.5 cm³/mol. The van der Waals surface area contributed by atoms with Crippen LogP contribution in [0.4, 0.5) is 13.2 Å². The van der Waals surface area contributed by atoms with Crippen molar-refractivity contribution in [2.75, 3.05) is 0 Å². The van der Waals surface area contributed by atoms with Gasteiger partial charge in [0.2, 0.25) is 0 Å². The Balaban J connectivity index is 2.84. The first-order valence-electron chi connectivity index (χ1n) is 4.48. The fourth-order valence-electron chi connectivity index (χ4n) is 0.924. The molecule has 0 heterocycles. The van der Waals surface area contributed by atoms with Gasteiger partial charge in [0.05, 0.1) is 0 Å². The predicted octanol–water partition coefficient (Wildman–Crippen LogP) is 2.95. The highest BCUT2D eigenvalue weighted by molar-refractivity contribution is 5.68. The molecular weight excluding hydrogens is 225 g/mol. The third kappa shape index (κ3) is 3.15. The van der Waals surface area contributed by atoms with Gasteiger partial charge in [0.25, 0.3) is 0 Å².